The molecule has 102 valence electrons. The van der Waals surface area contributed by atoms with Crippen molar-refractivity contribution in [3.63, 3.8) is 0 Å². The number of nitrogens with two attached hydrogens (primary N) is 1. The molecule has 1 aromatic rings. The van der Waals surface area contributed by atoms with E-state index in [0.29, 0.717) is 0 Å². The minimum atomic E-state index is 0.263. The second kappa shape index (κ2) is 9.12. The van der Waals surface area contributed by atoms with Crippen molar-refractivity contribution in [3.05, 3.63) is 35.9 Å². The molecule has 2 heteroatoms. The molecular formula is C16H28N2. The Kier molecular flexibility index (Phi) is 7.70. The first kappa shape index (κ1) is 15.2. The zero-order valence-electron chi connectivity index (χ0n) is 11.9. The van der Waals surface area contributed by atoms with E-state index in [1.807, 2.05) is 0 Å². The SMILES string of the molecule is CCC(CC)CNC[C@@H](N)CCc1ccccc1. The van der Waals surface area contributed by atoms with Crippen molar-refractivity contribution in [2.75, 3.05) is 13.1 Å². The highest BCUT2D eigenvalue weighted by Gasteiger charge is 2.05. The summed E-state index contributed by atoms with van der Waals surface area (Å²) in [5.41, 5.74) is 7.51. The van der Waals surface area contributed by atoms with Crippen molar-refractivity contribution in [1.29, 1.82) is 0 Å². The van der Waals surface area contributed by atoms with Gasteiger partial charge in [0.1, 0.15) is 0 Å². The van der Waals surface area contributed by atoms with Crippen LogP contribution in [0.5, 0.6) is 0 Å². The highest BCUT2D eigenvalue weighted by Crippen LogP contribution is 2.06. The molecule has 2 nitrogen and oxygen atoms in total. The van der Waals surface area contributed by atoms with Gasteiger partial charge in [0, 0.05) is 12.6 Å². The molecule has 0 aromatic heterocycles. The molecule has 0 unspecified atom stereocenters. The molecule has 0 fully saturated rings. The van der Waals surface area contributed by atoms with Gasteiger partial charge < -0.3 is 11.1 Å². The number of rotatable bonds is 9. The maximum atomic E-state index is 6.13. The number of hydrogen-bond donors (Lipinski definition) is 2. The fourth-order valence-corrected chi connectivity index (χ4v) is 2.15. The lowest BCUT2D eigenvalue weighted by Gasteiger charge is -2.16. The van der Waals surface area contributed by atoms with Crippen LogP contribution in [-0.4, -0.2) is 19.1 Å². The van der Waals surface area contributed by atoms with Crippen molar-refractivity contribution in [3.8, 4) is 0 Å². The zero-order chi connectivity index (χ0) is 13.2. The average Bonchev–Trinajstić information content (AvgIpc) is 2.42. The van der Waals surface area contributed by atoms with Gasteiger partial charge in [-0.3, -0.25) is 0 Å². The van der Waals surface area contributed by atoms with E-state index in [9.17, 15) is 0 Å². The van der Waals surface area contributed by atoms with Crippen molar-refractivity contribution in [1.82, 2.24) is 5.32 Å². The van der Waals surface area contributed by atoms with Gasteiger partial charge in [0.05, 0.1) is 0 Å². The van der Waals surface area contributed by atoms with Gasteiger partial charge >= 0.3 is 0 Å². The Morgan fingerprint density at radius 2 is 1.72 bits per heavy atom. The van der Waals surface area contributed by atoms with Crippen LogP contribution in [0, 0.1) is 5.92 Å². The third-order valence-electron chi connectivity index (χ3n) is 3.64. The first-order valence-electron chi connectivity index (χ1n) is 7.26. The molecule has 0 spiro atoms. The Morgan fingerprint density at radius 3 is 2.33 bits per heavy atom. The Labute approximate surface area is 112 Å². The molecule has 0 saturated carbocycles. The predicted molar refractivity (Wildman–Crippen MR) is 79.7 cm³/mol. The summed E-state index contributed by atoms with van der Waals surface area (Å²) in [4.78, 5) is 0. The van der Waals surface area contributed by atoms with Crippen LogP contribution in [0.25, 0.3) is 0 Å². The van der Waals surface area contributed by atoms with Gasteiger partial charge in [0.25, 0.3) is 0 Å². The first-order valence-corrected chi connectivity index (χ1v) is 7.26. The van der Waals surface area contributed by atoms with Crippen LogP contribution in [0.2, 0.25) is 0 Å². The van der Waals surface area contributed by atoms with Gasteiger partial charge in [-0.25, -0.2) is 0 Å². The van der Waals surface area contributed by atoms with Gasteiger partial charge in [-0.15, -0.1) is 0 Å². The van der Waals surface area contributed by atoms with Crippen LogP contribution < -0.4 is 11.1 Å². The van der Waals surface area contributed by atoms with E-state index in [1.165, 1.54) is 18.4 Å². The maximum absolute atomic E-state index is 6.13. The number of hydrogen-bond acceptors (Lipinski definition) is 2. The molecule has 0 saturated heterocycles. The average molecular weight is 248 g/mol. The molecule has 18 heavy (non-hydrogen) atoms. The molecule has 0 aliphatic carbocycles. The van der Waals surface area contributed by atoms with Crippen molar-refractivity contribution in [2.24, 2.45) is 11.7 Å². The fraction of sp³-hybridized carbons (Fsp3) is 0.625. The van der Waals surface area contributed by atoms with Gasteiger partial charge in [0.2, 0.25) is 0 Å². The van der Waals surface area contributed by atoms with E-state index in [0.717, 1.165) is 31.8 Å². The van der Waals surface area contributed by atoms with Crippen molar-refractivity contribution in [2.45, 2.75) is 45.6 Å². The number of nitrogens with one attached hydrogen (secondary N) is 1. The molecule has 1 rings (SSSR count). The molecule has 0 amide bonds. The monoisotopic (exact) mass is 248 g/mol. The zero-order valence-corrected chi connectivity index (χ0v) is 11.9. The number of aryl methyl sites for hydroxylation is 1. The quantitative estimate of drug-likeness (QED) is 0.705. The van der Waals surface area contributed by atoms with Gasteiger partial charge in [0.15, 0.2) is 0 Å². The largest absolute Gasteiger partial charge is 0.327 e. The molecular weight excluding hydrogens is 220 g/mol. The van der Waals surface area contributed by atoms with Crippen molar-refractivity contribution < 1.29 is 0 Å². The van der Waals surface area contributed by atoms with Crippen LogP contribution in [0.1, 0.15) is 38.7 Å². The highest BCUT2D eigenvalue weighted by atomic mass is 14.9. The summed E-state index contributed by atoms with van der Waals surface area (Å²) in [6, 6.07) is 10.8. The van der Waals surface area contributed by atoms with E-state index < -0.39 is 0 Å². The topological polar surface area (TPSA) is 38.0 Å². The normalized spacial score (nSPS) is 12.9. The standard InChI is InChI=1S/C16H28N2/c1-3-14(4-2)12-18-13-16(17)11-10-15-8-6-5-7-9-15/h5-9,14,16,18H,3-4,10-13,17H2,1-2H3/t16-/m0/s1. The molecule has 1 aromatic carbocycles. The molecule has 0 radical (unpaired) electrons. The fourth-order valence-electron chi connectivity index (χ4n) is 2.15. The third-order valence-corrected chi connectivity index (χ3v) is 3.64. The second-order valence-electron chi connectivity index (χ2n) is 5.13. The molecule has 0 aliphatic heterocycles. The first-order chi connectivity index (χ1) is 8.76. The molecule has 3 N–H and O–H groups in total. The summed E-state index contributed by atoms with van der Waals surface area (Å²) < 4.78 is 0. The lowest BCUT2D eigenvalue weighted by molar-refractivity contribution is 0.432. The summed E-state index contributed by atoms with van der Waals surface area (Å²) in [6.07, 6.45) is 4.64. The summed E-state index contributed by atoms with van der Waals surface area (Å²) >= 11 is 0. The van der Waals surface area contributed by atoms with Gasteiger partial charge in [-0.05, 0) is 30.9 Å². The summed E-state index contributed by atoms with van der Waals surface area (Å²) in [7, 11) is 0. The van der Waals surface area contributed by atoms with Crippen LogP contribution in [0.15, 0.2) is 30.3 Å². The van der Waals surface area contributed by atoms with Crippen LogP contribution in [0.4, 0.5) is 0 Å². The molecule has 0 bridgehead atoms. The summed E-state index contributed by atoms with van der Waals surface area (Å²) in [6.45, 7) is 6.55. The minimum absolute atomic E-state index is 0.263. The van der Waals surface area contributed by atoms with Gasteiger partial charge in [-0.1, -0.05) is 57.0 Å². The Balaban J connectivity index is 2.12. The van der Waals surface area contributed by atoms with Crippen LogP contribution >= 0.6 is 0 Å². The lowest BCUT2D eigenvalue weighted by Crippen LogP contribution is -2.36. The number of benzene rings is 1. The highest BCUT2D eigenvalue weighted by molar-refractivity contribution is 5.14. The molecule has 0 aliphatic rings. The van der Waals surface area contributed by atoms with E-state index in [-0.39, 0.29) is 6.04 Å². The van der Waals surface area contributed by atoms with Crippen LogP contribution in [-0.2, 0) is 6.42 Å². The Hall–Kier alpha value is -0.860. The van der Waals surface area contributed by atoms with Crippen LogP contribution in [0.3, 0.4) is 0 Å². The predicted octanol–water partition coefficient (Wildman–Crippen LogP) is 2.97. The minimum Gasteiger partial charge on any atom is -0.327 e. The van der Waals surface area contributed by atoms with E-state index in [1.54, 1.807) is 0 Å². The lowest BCUT2D eigenvalue weighted by atomic mass is 10.0. The third kappa shape index (κ3) is 6.18. The van der Waals surface area contributed by atoms with Gasteiger partial charge in [-0.2, -0.15) is 0 Å². The smallest absolute Gasteiger partial charge is 0.0168 e. The summed E-state index contributed by atoms with van der Waals surface area (Å²) in [5.74, 6) is 0.798. The van der Waals surface area contributed by atoms with E-state index in [4.69, 9.17) is 5.73 Å². The van der Waals surface area contributed by atoms with E-state index >= 15 is 0 Å². The van der Waals surface area contributed by atoms with Crippen molar-refractivity contribution >= 4 is 0 Å². The Morgan fingerprint density at radius 1 is 1.06 bits per heavy atom. The van der Waals surface area contributed by atoms with E-state index in [2.05, 4.69) is 49.5 Å². The molecule has 0 heterocycles. The molecule has 1 atom stereocenters. The Bertz CT molecular complexity index is 293. The second-order valence-corrected chi connectivity index (χ2v) is 5.13. The summed E-state index contributed by atoms with van der Waals surface area (Å²) in [5, 5.41) is 3.50. The maximum Gasteiger partial charge on any atom is 0.0168 e.